The van der Waals surface area contributed by atoms with Gasteiger partial charge >= 0.3 is 0 Å². The Balaban J connectivity index is 2.17. The zero-order valence-corrected chi connectivity index (χ0v) is 14.0. The summed E-state index contributed by atoms with van der Waals surface area (Å²) in [5.41, 5.74) is 1.46. The molecule has 0 unspecified atom stereocenters. The van der Waals surface area contributed by atoms with Crippen LogP contribution in [0.15, 0.2) is 36.5 Å². The topological polar surface area (TPSA) is 66.9 Å². The van der Waals surface area contributed by atoms with E-state index in [1.807, 2.05) is 24.3 Å². The Morgan fingerprint density at radius 3 is 2.83 bits per heavy atom. The molecule has 0 aliphatic heterocycles. The minimum absolute atomic E-state index is 0.0586. The van der Waals surface area contributed by atoms with Crippen LogP contribution in [0.1, 0.15) is 44.0 Å². The van der Waals surface area contributed by atoms with Crippen molar-refractivity contribution in [2.75, 3.05) is 11.9 Å². The van der Waals surface area contributed by atoms with Crippen LogP contribution in [-0.2, 0) is 0 Å². The van der Waals surface area contributed by atoms with Gasteiger partial charge in [0.05, 0.1) is 0 Å². The molecule has 0 bridgehead atoms. The molecule has 0 aliphatic rings. The predicted octanol–water partition coefficient (Wildman–Crippen LogP) is 3.49. The van der Waals surface area contributed by atoms with E-state index in [2.05, 4.69) is 41.4 Å². The number of rotatable bonds is 7. The van der Waals surface area contributed by atoms with Crippen LogP contribution in [0.2, 0.25) is 0 Å². The fourth-order valence-corrected chi connectivity index (χ4v) is 2.15. The van der Waals surface area contributed by atoms with Gasteiger partial charge < -0.3 is 10.6 Å². The maximum absolute atomic E-state index is 12.2. The lowest BCUT2D eigenvalue weighted by Gasteiger charge is -2.10. The molecule has 1 aromatic heterocycles. The van der Waals surface area contributed by atoms with Crippen LogP contribution in [0, 0.1) is 0 Å². The summed E-state index contributed by atoms with van der Waals surface area (Å²) in [6.45, 7) is 6.91. The monoisotopic (exact) mass is 312 g/mol. The number of unbranched alkanes of at least 4 members (excludes halogenated alkanes) is 1. The van der Waals surface area contributed by atoms with Crippen LogP contribution in [-0.4, -0.2) is 28.5 Å². The van der Waals surface area contributed by atoms with Crippen LogP contribution in [0.4, 0.5) is 5.82 Å². The lowest BCUT2D eigenvalue weighted by molar-refractivity contribution is 0.0953. The van der Waals surface area contributed by atoms with Crippen molar-refractivity contribution in [3.05, 3.63) is 42.1 Å². The molecule has 0 saturated heterocycles. The SMILES string of the molecule is CCCCNC(=O)c1cccc(-c2nccc(NC(C)C)n2)c1. The molecule has 2 aromatic rings. The van der Waals surface area contributed by atoms with Gasteiger partial charge in [0.1, 0.15) is 5.82 Å². The Hall–Kier alpha value is -2.43. The van der Waals surface area contributed by atoms with Gasteiger partial charge in [-0.3, -0.25) is 4.79 Å². The Morgan fingerprint density at radius 1 is 1.26 bits per heavy atom. The second-order valence-electron chi connectivity index (χ2n) is 5.75. The van der Waals surface area contributed by atoms with Gasteiger partial charge in [-0.15, -0.1) is 0 Å². The van der Waals surface area contributed by atoms with Crippen LogP contribution >= 0.6 is 0 Å². The Kier molecular flexibility index (Phi) is 6.09. The van der Waals surface area contributed by atoms with Gasteiger partial charge in [0.2, 0.25) is 0 Å². The van der Waals surface area contributed by atoms with Crippen molar-refractivity contribution in [1.82, 2.24) is 15.3 Å². The van der Waals surface area contributed by atoms with Crippen molar-refractivity contribution >= 4 is 11.7 Å². The first-order chi connectivity index (χ1) is 11.1. The first-order valence-corrected chi connectivity index (χ1v) is 8.08. The number of amides is 1. The second kappa shape index (κ2) is 8.27. The Bertz CT molecular complexity index is 655. The average molecular weight is 312 g/mol. The molecule has 0 fully saturated rings. The third kappa shape index (κ3) is 5.06. The number of benzene rings is 1. The molecule has 1 aromatic carbocycles. The standard InChI is InChI=1S/C18H24N4O/c1-4-5-10-20-18(23)15-8-6-7-14(12-15)17-19-11-9-16(22-17)21-13(2)3/h6-9,11-13H,4-5,10H2,1-3H3,(H,20,23)(H,19,21,22). The van der Waals surface area contributed by atoms with Gasteiger partial charge in [-0.25, -0.2) is 9.97 Å². The summed E-state index contributed by atoms with van der Waals surface area (Å²) >= 11 is 0. The average Bonchev–Trinajstić information content (AvgIpc) is 2.55. The van der Waals surface area contributed by atoms with Crippen molar-refractivity contribution in [3.63, 3.8) is 0 Å². The van der Waals surface area contributed by atoms with E-state index >= 15 is 0 Å². The number of hydrogen-bond donors (Lipinski definition) is 2. The van der Waals surface area contributed by atoms with Gasteiger partial charge in [-0.2, -0.15) is 0 Å². The molecule has 0 saturated carbocycles. The van der Waals surface area contributed by atoms with Gasteiger partial charge in [0.15, 0.2) is 5.82 Å². The second-order valence-corrected chi connectivity index (χ2v) is 5.75. The van der Waals surface area contributed by atoms with E-state index in [1.165, 1.54) is 0 Å². The molecule has 2 N–H and O–H groups in total. The van der Waals surface area contributed by atoms with Crippen LogP contribution < -0.4 is 10.6 Å². The maximum atomic E-state index is 12.2. The molecule has 0 atom stereocenters. The van der Waals surface area contributed by atoms with Crippen LogP contribution in [0.25, 0.3) is 11.4 Å². The number of nitrogens with zero attached hydrogens (tertiary/aromatic N) is 2. The quantitative estimate of drug-likeness (QED) is 0.768. The summed E-state index contributed by atoms with van der Waals surface area (Å²) in [6, 6.07) is 9.54. The van der Waals surface area contributed by atoms with Crippen molar-refractivity contribution in [3.8, 4) is 11.4 Å². The van der Waals surface area contributed by atoms with Gasteiger partial charge in [0, 0.05) is 29.9 Å². The lowest BCUT2D eigenvalue weighted by Crippen LogP contribution is -2.24. The van der Waals surface area contributed by atoms with Crippen LogP contribution in [0.3, 0.4) is 0 Å². The molecule has 0 radical (unpaired) electrons. The highest BCUT2D eigenvalue weighted by Crippen LogP contribution is 2.18. The van der Waals surface area contributed by atoms with E-state index in [-0.39, 0.29) is 5.91 Å². The van der Waals surface area contributed by atoms with E-state index < -0.39 is 0 Å². The first-order valence-electron chi connectivity index (χ1n) is 8.08. The first kappa shape index (κ1) is 16.9. The van der Waals surface area contributed by atoms with E-state index in [0.717, 1.165) is 24.2 Å². The molecular formula is C18H24N4O. The van der Waals surface area contributed by atoms with Crippen molar-refractivity contribution in [1.29, 1.82) is 0 Å². The summed E-state index contributed by atoms with van der Waals surface area (Å²) in [7, 11) is 0. The number of anilines is 1. The minimum atomic E-state index is -0.0586. The summed E-state index contributed by atoms with van der Waals surface area (Å²) in [5.74, 6) is 1.33. The van der Waals surface area contributed by atoms with E-state index in [0.29, 0.717) is 24.0 Å². The fourth-order valence-electron chi connectivity index (χ4n) is 2.15. The minimum Gasteiger partial charge on any atom is -0.368 e. The highest BCUT2D eigenvalue weighted by Gasteiger charge is 2.09. The maximum Gasteiger partial charge on any atom is 0.251 e. The Labute approximate surface area is 137 Å². The van der Waals surface area contributed by atoms with Crippen molar-refractivity contribution in [2.24, 2.45) is 0 Å². The van der Waals surface area contributed by atoms with Crippen molar-refractivity contribution < 1.29 is 4.79 Å². The van der Waals surface area contributed by atoms with Gasteiger partial charge in [-0.1, -0.05) is 25.5 Å². The number of carbonyl (C=O) groups excluding carboxylic acids is 1. The highest BCUT2D eigenvalue weighted by atomic mass is 16.1. The zero-order valence-electron chi connectivity index (χ0n) is 14.0. The van der Waals surface area contributed by atoms with E-state index in [9.17, 15) is 4.79 Å². The van der Waals surface area contributed by atoms with E-state index in [1.54, 1.807) is 12.3 Å². The van der Waals surface area contributed by atoms with Crippen LogP contribution in [0.5, 0.6) is 0 Å². The molecule has 5 nitrogen and oxygen atoms in total. The Morgan fingerprint density at radius 2 is 2.09 bits per heavy atom. The largest absolute Gasteiger partial charge is 0.368 e. The molecule has 1 heterocycles. The smallest absolute Gasteiger partial charge is 0.251 e. The molecule has 5 heteroatoms. The molecule has 0 spiro atoms. The molecule has 1 amide bonds. The van der Waals surface area contributed by atoms with Crippen molar-refractivity contribution in [2.45, 2.75) is 39.7 Å². The lowest BCUT2D eigenvalue weighted by atomic mass is 10.1. The summed E-state index contributed by atoms with van der Waals surface area (Å²) < 4.78 is 0. The normalized spacial score (nSPS) is 10.6. The summed E-state index contributed by atoms with van der Waals surface area (Å²) in [6.07, 6.45) is 3.77. The predicted molar refractivity (Wildman–Crippen MR) is 93.5 cm³/mol. The summed E-state index contributed by atoms with van der Waals surface area (Å²) in [4.78, 5) is 21.0. The number of aromatic nitrogens is 2. The van der Waals surface area contributed by atoms with Gasteiger partial charge in [0.25, 0.3) is 5.91 Å². The molecule has 2 rings (SSSR count). The number of carbonyl (C=O) groups is 1. The molecular weight excluding hydrogens is 288 g/mol. The van der Waals surface area contributed by atoms with Gasteiger partial charge in [-0.05, 0) is 38.5 Å². The third-order valence-corrected chi connectivity index (χ3v) is 3.29. The van der Waals surface area contributed by atoms with E-state index in [4.69, 9.17) is 0 Å². The fraction of sp³-hybridized carbons (Fsp3) is 0.389. The molecule has 122 valence electrons. The highest BCUT2D eigenvalue weighted by molar-refractivity contribution is 5.95. The third-order valence-electron chi connectivity index (χ3n) is 3.29. The number of nitrogens with one attached hydrogen (secondary N) is 2. The zero-order chi connectivity index (χ0) is 16.7. The number of hydrogen-bond acceptors (Lipinski definition) is 4. The molecule has 23 heavy (non-hydrogen) atoms. The summed E-state index contributed by atoms with van der Waals surface area (Å²) in [5, 5.41) is 6.18. The molecule has 0 aliphatic carbocycles.